The van der Waals surface area contributed by atoms with Gasteiger partial charge < -0.3 is 24.8 Å². The molecule has 3 fully saturated rings. The highest BCUT2D eigenvalue weighted by Gasteiger charge is 2.42. The van der Waals surface area contributed by atoms with Crippen LogP contribution in [0, 0.1) is 0 Å². The van der Waals surface area contributed by atoms with Crippen molar-refractivity contribution in [2.45, 2.75) is 50.1 Å². The number of hydrogen-bond donors (Lipinski definition) is 2. The number of amides is 1. The Bertz CT molecular complexity index is 1290. The van der Waals surface area contributed by atoms with Gasteiger partial charge in [0.2, 0.25) is 5.95 Å². The lowest BCUT2D eigenvalue weighted by Crippen LogP contribution is -2.50. The van der Waals surface area contributed by atoms with Crippen molar-refractivity contribution in [1.29, 1.82) is 0 Å². The van der Waals surface area contributed by atoms with Gasteiger partial charge in [0.05, 0.1) is 30.6 Å². The predicted molar refractivity (Wildman–Crippen MR) is 141 cm³/mol. The molecule has 3 aliphatic heterocycles. The lowest BCUT2D eigenvalue weighted by Gasteiger charge is -2.40. The molecule has 3 aromatic heterocycles. The number of hydrogen-bond acceptors (Lipinski definition) is 8. The molecule has 1 saturated carbocycles. The minimum atomic E-state index is -0.0776. The van der Waals surface area contributed by atoms with Crippen LogP contribution >= 0.6 is 0 Å². The number of piperidine rings is 1. The largest absolute Gasteiger partial charge is 0.379 e. The molecule has 1 aliphatic carbocycles. The van der Waals surface area contributed by atoms with E-state index < -0.39 is 0 Å². The van der Waals surface area contributed by atoms with Crippen molar-refractivity contribution < 1.29 is 9.53 Å². The van der Waals surface area contributed by atoms with Gasteiger partial charge in [-0.1, -0.05) is 12.8 Å². The van der Waals surface area contributed by atoms with E-state index in [9.17, 15) is 4.79 Å². The van der Waals surface area contributed by atoms with Crippen LogP contribution in [0.5, 0.6) is 0 Å². The molecule has 1 amide bonds. The van der Waals surface area contributed by atoms with E-state index in [1.165, 1.54) is 25.7 Å². The first-order chi connectivity index (χ1) is 18.2. The minimum absolute atomic E-state index is 0.0312. The SMILES string of the molecule is O=C1NCC2(CCCC2)n2c1cc1cnc(Nc3ccc(N4CCC(N5CCOCC5)CC4)cn3)nc12. The number of nitrogens with one attached hydrogen (secondary N) is 2. The topological polar surface area (TPSA) is 100 Å². The van der Waals surface area contributed by atoms with E-state index in [1.807, 2.05) is 18.3 Å². The monoisotopic (exact) mass is 502 g/mol. The van der Waals surface area contributed by atoms with Gasteiger partial charge in [-0.3, -0.25) is 9.69 Å². The number of anilines is 3. The fourth-order valence-electron chi connectivity index (χ4n) is 6.74. The highest BCUT2D eigenvalue weighted by molar-refractivity contribution is 5.99. The van der Waals surface area contributed by atoms with E-state index in [-0.39, 0.29) is 11.4 Å². The summed E-state index contributed by atoms with van der Waals surface area (Å²) in [5.74, 6) is 1.18. The molecule has 37 heavy (non-hydrogen) atoms. The minimum Gasteiger partial charge on any atom is -0.379 e. The molecule has 7 rings (SSSR count). The Kier molecular flexibility index (Phi) is 5.73. The third-order valence-corrected chi connectivity index (χ3v) is 8.74. The Morgan fingerprint density at radius 3 is 2.59 bits per heavy atom. The van der Waals surface area contributed by atoms with E-state index in [4.69, 9.17) is 9.72 Å². The van der Waals surface area contributed by atoms with E-state index >= 15 is 0 Å². The predicted octanol–water partition coefficient (Wildman–Crippen LogP) is 2.88. The normalized spacial score (nSPS) is 22.4. The fourth-order valence-corrected chi connectivity index (χ4v) is 6.74. The molecular weight excluding hydrogens is 468 g/mol. The zero-order chi connectivity index (χ0) is 24.8. The summed E-state index contributed by atoms with van der Waals surface area (Å²) in [5, 5.41) is 7.27. The maximum atomic E-state index is 12.6. The molecule has 194 valence electrons. The van der Waals surface area contributed by atoms with Gasteiger partial charge in [0.15, 0.2) is 0 Å². The molecular formula is C27H34N8O2. The van der Waals surface area contributed by atoms with Crippen molar-refractivity contribution in [3.05, 3.63) is 36.3 Å². The summed E-state index contributed by atoms with van der Waals surface area (Å²) >= 11 is 0. The molecule has 0 atom stereocenters. The number of ether oxygens (including phenoxy) is 1. The number of nitrogens with zero attached hydrogens (tertiary/aromatic N) is 6. The highest BCUT2D eigenvalue weighted by atomic mass is 16.5. The number of aromatic nitrogens is 4. The summed E-state index contributed by atoms with van der Waals surface area (Å²) in [6.45, 7) is 6.59. The Labute approximate surface area is 216 Å². The second-order valence-electron chi connectivity index (χ2n) is 10.8. The van der Waals surface area contributed by atoms with Crippen LogP contribution in [0.1, 0.15) is 49.0 Å². The Morgan fingerprint density at radius 1 is 1.03 bits per heavy atom. The zero-order valence-corrected chi connectivity index (χ0v) is 21.2. The molecule has 10 heteroatoms. The lowest BCUT2D eigenvalue weighted by atomic mass is 9.94. The fraction of sp³-hybridized carbons (Fsp3) is 0.556. The van der Waals surface area contributed by atoms with Gasteiger partial charge in [-0.15, -0.1) is 0 Å². The number of rotatable bonds is 4. The van der Waals surface area contributed by atoms with Crippen LogP contribution in [0.2, 0.25) is 0 Å². The van der Waals surface area contributed by atoms with Gasteiger partial charge in [-0.25, -0.2) is 9.97 Å². The van der Waals surface area contributed by atoms with Crippen molar-refractivity contribution in [3.8, 4) is 0 Å². The number of fused-ring (bicyclic) bond motifs is 4. The molecule has 0 bridgehead atoms. The molecule has 3 aromatic rings. The average Bonchev–Trinajstić information content (AvgIpc) is 3.58. The summed E-state index contributed by atoms with van der Waals surface area (Å²) in [4.78, 5) is 31.7. The number of carbonyl (C=O) groups is 1. The van der Waals surface area contributed by atoms with Crippen molar-refractivity contribution >= 4 is 34.4 Å². The van der Waals surface area contributed by atoms with Crippen LogP contribution in [-0.4, -0.2) is 82.3 Å². The van der Waals surface area contributed by atoms with Gasteiger partial charge >= 0.3 is 0 Å². The number of pyridine rings is 1. The number of carbonyl (C=O) groups excluding carboxylic acids is 1. The van der Waals surface area contributed by atoms with Crippen LogP contribution in [0.15, 0.2) is 30.6 Å². The molecule has 2 saturated heterocycles. The Hall–Kier alpha value is -3.24. The summed E-state index contributed by atoms with van der Waals surface area (Å²) in [6, 6.07) is 6.70. The molecule has 1 spiro atoms. The first kappa shape index (κ1) is 22.9. The third kappa shape index (κ3) is 4.12. The summed E-state index contributed by atoms with van der Waals surface area (Å²) in [6.07, 6.45) is 10.6. The molecule has 2 N–H and O–H groups in total. The van der Waals surface area contributed by atoms with Crippen LogP contribution in [-0.2, 0) is 10.3 Å². The van der Waals surface area contributed by atoms with Crippen LogP contribution in [0.4, 0.5) is 17.5 Å². The molecule has 0 unspecified atom stereocenters. The first-order valence-corrected chi connectivity index (χ1v) is 13.7. The van der Waals surface area contributed by atoms with Gasteiger partial charge in [0, 0.05) is 50.3 Å². The van der Waals surface area contributed by atoms with Crippen molar-refractivity contribution in [3.63, 3.8) is 0 Å². The number of morpholine rings is 1. The highest BCUT2D eigenvalue weighted by Crippen LogP contribution is 2.41. The van der Waals surface area contributed by atoms with E-state index in [2.05, 4.69) is 41.0 Å². The lowest BCUT2D eigenvalue weighted by molar-refractivity contribution is 0.0115. The molecule has 0 radical (unpaired) electrons. The maximum absolute atomic E-state index is 12.6. The second-order valence-corrected chi connectivity index (χ2v) is 10.8. The van der Waals surface area contributed by atoms with Gasteiger partial charge in [-0.05, 0) is 43.9 Å². The zero-order valence-electron chi connectivity index (χ0n) is 21.2. The molecule has 10 nitrogen and oxygen atoms in total. The van der Waals surface area contributed by atoms with E-state index in [0.717, 1.165) is 69.0 Å². The summed E-state index contributed by atoms with van der Waals surface area (Å²) in [7, 11) is 0. The van der Waals surface area contributed by atoms with Crippen molar-refractivity contribution in [1.82, 2.24) is 29.7 Å². The third-order valence-electron chi connectivity index (χ3n) is 8.74. The maximum Gasteiger partial charge on any atom is 0.268 e. The summed E-state index contributed by atoms with van der Waals surface area (Å²) < 4.78 is 7.69. The van der Waals surface area contributed by atoms with Crippen LogP contribution in [0.3, 0.4) is 0 Å². The molecule has 0 aromatic carbocycles. The first-order valence-electron chi connectivity index (χ1n) is 13.7. The van der Waals surface area contributed by atoms with E-state index in [0.29, 0.717) is 30.0 Å². The smallest absolute Gasteiger partial charge is 0.268 e. The van der Waals surface area contributed by atoms with Crippen molar-refractivity contribution in [2.75, 3.05) is 56.2 Å². The Morgan fingerprint density at radius 2 is 1.84 bits per heavy atom. The second kappa shape index (κ2) is 9.25. The standard InChI is InChI=1S/C27H34N8O2/c36-25-22-15-19-16-29-26(32-24(19)35(22)27(18-30-25)7-1-2-8-27)31-23-4-3-21(17-28-23)33-9-5-20(6-10-33)34-11-13-37-14-12-34/h3-4,15-17,20H,1-2,5-14,18H2,(H,30,36)(H,28,29,31,32). The van der Waals surface area contributed by atoms with E-state index in [1.54, 1.807) is 6.20 Å². The van der Waals surface area contributed by atoms with Crippen LogP contribution in [0.25, 0.3) is 11.0 Å². The van der Waals surface area contributed by atoms with Gasteiger partial charge in [-0.2, -0.15) is 4.98 Å². The average molecular weight is 503 g/mol. The molecule has 4 aliphatic rings. The quantitative estimate of drug-likeness (QED) is 0.562. The molecule has 6 heterocycles. The Balaban J connectivity index is 1.06. The van der Waals surface area contributed by atoms with Crippen molar-refractivity contribution in [2.24, 2.45) is 0 Å². The van der Waals surface area contributed by atoms with Crippen LogP contribution < -0.4 is 15.5 Å². The van der Waals surface area contributed by atoms with Gasteiger partial charge in [0.1, 0.15) is 17.2 Å². The summed E-state index contributed by atoms with van der Waals surface area (Å²) in [5.41, 5.74) is 2.59. The van der Waals surface area contributed by atoms with Gasteiger partial charge in [0.25, 0.3) is 5.91 Å².